The molecule has 0 aliphatic carbocycles. The minimum absolute atomic E-state index is 0.0904. The van der Waals surface area contributed by atoms with Crippen molar-refractivity contribution in [3.8, 4) is 6.07 Å². The molecule has 124 valence electrons. The second-order valence-electron chi connectivity index (χ2n) is 3.16. The first kappa shape index (κ1) is 24.7. The van der Waals surface area contributed by atoms with Gasteiger partial charge in [-0.2, -0.15) is 5.26 Å². The first-order chi connectivity index (χ1) is 10.8. The van der Waals surface area contributed by atoms with Crippen molar-refractivity contribution in [3.63, 3.8) is 0 Å². The van der Waals surface area contributed by atoms with Gasteiger partial charge in [-0.05, 0) is 18.6 Å². The Morgan fingerprint density at radius 1 is 1.27 bits per heavy atom. The molecule has 1 amide bonds. The minimum Gasteiger partial charge on any atom is -0.400 e. The molecule has 6 nitrogen and oxygen atoms in total. The number of aliphatic hydroxyl groups is 1. The van der Waals surface area contributed by atoms with Crippen LogP contribution in [-0.4, -0.2) is 36.4 Å². The Bertz CT molecular complexity index is 431. The zero-order valence-electron chi connectivity index (χ0n) is 14.2. The van der Waals surface area contributed by atoms with Crippen LogP contribution in [-0.2, 0) is 9.59 Å². The van der Waals surface area contributed by atoms with Gasteiger partial charge >= 0.3 is 0 Å². The van der Waals surface area contributed by atoms with Gasteiger partial charge in [0.1, 0.15) is 12.6 Å². The van der Waals surface area contributed by atoms with E-state index in [-0.39, 0.29) is 5.91 Å². The summed E-state index contributed by atoms with van der Waals surface area (Å²) in [7, 11) is 1.00. The summed E-state index contributed by atoms with van der Waals surface area (Å²) in [5.41, 5.74) is 0.537. The molecule has 1 fully saturated rings. The predicted octanol–water partition coefficient (Wildman–Crippen LogP) is 2.56. The van der Waals surface area contributed by atoms with Gasteiger partial charge in [-0.25, -0.2) is 4.98 Å². The molecule has 22 heavy (non-hydrogen) atoms. The van der Waals surface area contributed by atoms with E-state index < -0.39 is 0 Å². The number of aliphatic hydroxyl groups excluding tert-OH is 1. The maximum absolute atomic E-state index is 11.4. The number of rotatable bonds is 1. The van der Waals surface area contributed by atoms with Crippen LogP contribution in [0.4, 0.5) is 5.82 Å². The maximum Gasteiger partial charge on any atom is 0.228 e. The van der Waals surface area contributed by atoms with E-state index >= 15 is 0 Å². The second kappa shape index (κ2) is 18.7. The molecule has 2 rings (SSSR count). The summed E-state index contributed by atoms with van der Waals surface area (Å²) in [6, 6.07) is 5.30. The Morgan fingerprint density at radius 2 is 1.82 bits per heavy atom. The Balaban J connectivity index is -0.000000394. The number of carbonyl (C=O) groups excluding carboxylic acids is 2. The van der Waals surface area contributed by atoms with Crippen molar-refractivity contribution in [2.45, 2.75) is 40.5 Å². The van der Waals surface area contributed by atoms with Gasteiger partial charge in [0.15, 0.2) is 0 Å². The average Bonchev–Trinajstić information content (AvgIpc) is 3.08. The highest BCUT2D eigenvalue weighted by Gasteiger charge is 2.22. The number of pyridine rings is 1. The van der Waals surface area contributed by atoms with Crippen LogP contribution in [0, 0.1) is 11.3 Å². The van der Waals surface area contributed by atoms with Crippen LogP contribution in [0.15, 0.2) is 18.3 Å². The Labute approximate surface area is 133 Å². The fourth-order valence-corrected chi connectivity index (χ4v) is 1.53. The molecule has 1 N–H and O–H groups in total. The number of amides is 1. The second-order valence-corrected chi connectivity index (χ2v) is 3.16. The predicted molar refractivity (Wildman–Crippen MR) is 88.5 cm³/mol. The van der Waals surface area contributed by atoms with E-state index in [9.17, 15) is 4.79 Å². The molecule has 1 aliphatic heterocycles. The number of hydrogen-bond acceptors (Lipinski definition) is 5. The van der Waals surface area contributed by atoms with Crippen molar-refractivity contribution in [2.24, 2.45) is 0 Å². The van der Waals surface area contributed by atoms with E-state index in [2.05, 4.69) is 4.98 Å². The minimum atomic E-state index is 0.0904. The molecule has 0 spiro atoms. The molecule has 1 saturated heterocycles. The van der Waals surface area contributed by atoms with E-state index in [4.69, 9.17) is 15.2 Å². The van der Waals surface area contributed by atoms with E-state index in [0.29, 0.717) is 24.3 Å². The largest absolute Gasteiger partial charge is 0.400 e. The van der Waals surface area contributed by atoms with Crippen LogP contribution in [0.1, 0.15) is 46.1 Å². The van der Waals surface area contributed by atoms with Crippen molar-refractivity contribution in [1.82, 2.24) is 4.98 Å². The smallest absolute Gasteiger partial charge is 0.228 e. The quantitative estimate of drug-likeness (QED) is 0.860. The number of nitriles is 1. The number of aromatic nitrogens is 1. The zero-order chi connectivity index (χ0) is 18.0. The van der Waals surface area contributed by atoms with Gasteiger partial charge < -0.3 is 9.90 Å². The van der Waals surface area contributed by atoms with Crippen LogP contribution >= 0.6 is 0 Å². The summed E-state index contributed by atoms with van der Waals surface area (Å²) >= 11 is 0. The van der Waals surface area contributed by atoms with Crippen molar-refractivity contribution in [3.05, 3.63) is 23.9 Å². The third-order valence-corrected chi connectivity index (χ3v) is 2.22. The van der Waals surface area contributed by atoms with Gasteiger partial charge in [0.25, 0.3) is 0 Å². The molecule has 0 aromatic carbocycles. The summed E-state index contributed by atoms with van der Waals surface area (Å²) in [4.78, 5) is 25.1. The summed E-state index contributed by atoms with van der Waals surface area (Å²) in [5.74, 6) is 0.680. The average molecular weight is 309 g/mol. The fourth-order valence-electron chi connectivity index (χ4n) is 1.53. The van der Waals surface area contributed by atoms with Gasteiger partial charge in [0, 0.05) is 26.3 Å². The van der Waals surface area contributed by atoms with Crippen LogP contribution < -0.4 is 4.90 Å². The molecule has 1 aromatic rings. The lowest BCUT2D eigenvalue weighted by molar-refractivity contribution is -0.117. The summed E-state index contributed by atoms with van der Waals surface area (Å²) in [6.07, 6.45) is 3.01. The first-order valence-electron chi connectivity index (χ1n) is 7.21. The SMILES string of the molecule is C=O.CC.CC.CO.N#Cc1ccnc(N2CCCC2=O)c1. The molecular formula is C16H27N3O3. The number of hydrogen-bond donors (Lipinski definition) is 1. The van der Waals surface area contributed by atoms with E-state index in [1.807, 2.05) is 40.6 Å². The van der Waals surface area contributed by atoms with E-state index in [1.54, 1.807) is 23.2 Å². The highest BCUT2D eigenvalue weighted by Crippen LogP contribution is 2.19. The van der Waals surface area contributed by atoms with Crippen LogP contribution in [0.2, 0.25) is 0 Å². The molecule has 0 unspecified atom stereocenters. The Hall–Kier alpha value is -2.26. The van der Waals surface area contributed by atoms with Crippen molar-refractivity contribution < 1.29 is 14.7 Å². The molecule has 0 radical (unpaired) electrons. The third kappa shape index (κ3) is 8.82. The Morgan fingerprint density at radius 3 is 2.23 bits per heavy atom. The lowest BCUT2D eigenvalue weighted by Gasteiger charge is -2.13. The number of nitrogens with zero attached hydrogens (tertiary/aromatic N) is 3. The first-order valence-corrected chi connectivity index (χ1v) is 7.21. The van der Waals surface area contributed by atoms with E-state index in [0.717, 1.165) is 13.5 Å². The highest BCUT2D eigenvalue weighted by atomic mass is 16.2. The number of carbonyl (C=O) groups is 2. The lowest BCUT2D eigenvalue weighted by Crippen LogP contribution is -2.24. The number of anilines is 1. The molecule has 0 bridgehead atoms. The fraction of sp³-hybridized carbons (Fsp3) is 0.500. The van der Waals surface area contributed by atoms with Gasteiger partial charge in [0.05, 0.1) is 11.6 Å². The molecule has 0 saturated carbocycles. The normalized spacial score (nSPS) is 11.0. The lowest BCUT2D eigenvalue weighted by atomic mass is 10.3. The van der Waals surface area contributed by atoms with Gasteiger partial charge in [-0.15, -0.1) is 0 Å². The molecule has 1 aliphatic rings. The summed E-state index contributed by atoms with van der Waals surface area (Å²) < 4.78 is 0. The van der Waals surface area contributed by atoms with Crippen LogP contribution in [0.3, 0.4) is 0 Å². The molecular weight excluding hydrogens is 282 g/mol. The van der Waals surface area contributed by atoms with Gasteiger partial charge in [-0.1, -0.05) is 27.7 Å². The summed E-state index contributed by atoms with van der Waals surface area (Å²) in [6.45, 7) is 10.7. The third-order valence-electron chi connectivity index (χ3n) is 2.22. The molecule has 6 heteroatoms. The van der Waals surface area contributed by atoms with Crippen molar-refractivity contribution in [2.75, 3.05) is 18.6 Å². The van der Waals surface area contributed by atoms with Crippen LogP contribution in [0.25, 0.3) is 0 Å². The molecule has 2 heterocycles. The van der Waals surface area contributed by atoms with Gasteiger partial charge in [0.2, 0.25) is 5.91 Å². The molecule has 1 aromatic heterocycles. The van der Waals surface area contributed by atoms with Crippen molar-refractivity contribution in [1.29, 1.82) is 5.26 Å². The summed E-state index contributed by atoms with van der Waals surface area (Å²) in [5, 5.41) is 15.7. The topological polar surface area (TPSA) is 94.3 Å². The van der Waals surface area contributed by atoms with Crippen LogP contribution in [0.5, 0.6) is 0 Å². The zero-order valence-corrected chi connectivity index (χ0v) is 14.2. The highest BCUT2D eigenvalue weighted by molar-refractivity contribution is 5.94. The maximum atomic E-state index is 11.4. The monoisotopic (exact) mass is 309 g/mol. The van der Waals surface area contributed by atoms with Gasteiger partial charge in [-0.3, -0.25) is 9.69 Å². The van der Waals surface area contributed by atoms with Crippen molar-refractivity contribution >= 4 is 18.5 Å². The standard InChI is InChI=1S/C10H9N3O.2C2H6.CH4O.CH2O/c11-7-8-3-4-12-9(6-8)13-5-1-2-10(13)14;4*1-2/h3-4,6H,1-2,5H2;2*1-2H3;2H,1H3;1H2. The Kier molecular flexibility index (Phi) is 21.1. The molecule has 0 atom stereocenters. The van der Waals surface area contributed by atoms with E-state index in [1.165, 1.54) is 0 Å².